The van der Waals surface area contributed by atoms with Crippen LogP contribution in [0.3, 0.4) is 0 Å². The van der Waals surface area contributed by atoms with E-state index in [1.54, 1.807) is 12.1 Å². The Morgan fingerprint density at radius 1 is 0.889 bits per heavy atom. The second-order valence-corrected chi connectivity index (χ2v) is 8.61. The van der Waals surface area contributed by atoms with Crippen LogP contribution in [-0.2, 0) is 11.9 Å². The summed E-state index contributed by atoms with van der Waals surface area (Å²) in [5, 5.41) is 0. The molecule has 1 atom stereocenters. The highest BCUT2D eigenvalue weighted by molar-refractivity contribution is 8.28. The van der Waals surface area contributed by atoms with Gasteiger partial charge < -0.3 is 0 Å². The van der Waals surface area contributed by atoms with E-state index in [9.17, 15) is 13.2 Å². The van der Waals surface area contributed by atoms with Gasteiger partial charge in [-0.2, -0.15) is 24.1 Å². The summed E-state index contributed by atoms with van der Waals surface area (Å²) in [7, 11) is -0.635. The maximum atomic E-state index is 12.7. The van der Waals surface area contributed by atoms with Gasteiger partial charge in [-0.1, -0.05) is 48.0 Å². The highest BCUT2D eigenvalue weighted by atomic mass is 32.2. The van der Waals surface area contributed by atoms with Crippen LogP contribution in [0.5, 0.6) is 0 Å². The topological polar surface area (TPSA) is 12.4 Å². The Bertz CT molecular complexity index is 1010. The molecule has 5 heteroatoms. The minimum Gasteiger partial charge on any atom is -0.250 e. The lowest BCUT2D eigenvalue weighted by atomic mass is 10.0. The summed E-state index contributed by atoms with van der Waals surface area (Å²) < 4.78 is 38.1. The number of hydrogen-bond donors (Lipinski definition) is 1. The van der Waals surface area contributed by atoms with E-state index in [4.69, 9.17) is 0 Å². The first-order chi connectivity index (χ1) is 12.9. The molecule has 0 N–H and O–H groups in total. The number of nitrogens with zero attached hydrogens (tertiary/aromatic N) is 1. The van der Waals surface area contributed by atoms with Crippen LogP contribution in [0.15, 0.2) is 76.6 Å². The third-order valence-electron chi connectivity index (χ3n) is 4.61. The predicted octanol–water partition coefficient (Wildman–Crippen LogP) is 6.91. The lowest BCUT2D eigenvalue weighted by molar-refractivity contribution is -0.137. The average molecular weight is 385 g/mol. The van der Waals surface area contributed by atoms with Gasteiger partial charge >= 0.3 is 6.18 Å². The van der Waals surface area contributed by atoms with Crippen LogP contribution >= 0.6 is 10.9 Å². The summed E-state index contributed by atoms with van der Waals surface area (Å²) in [6, 6.07) is 20.1. The van der Waals surface area contributed by atoms with E-state index in [0.29, 0.717) is 5.75 Å². The first-order valence-electron chi connectivity index (χ1n) is 8.58. The molecule has 0 amide bonds. The highest BCUT2D eigenvalue weighted by Gasteiger charge is 2.30. The molecule has 1 aliphatic rings. The number of rotatable bonds is 3. The molecule has 0 fully saturated rings. The minimum absolute atomic E-state index is 0.609. The Morgan fingerprint density at radius 2 is 1.63 bits per heavy atom. The Labute approximate surface area is 158 Å². The van der Waals surface area contributed by atoms with Crippen molar-refractivity contribution in [2.75, 3.05) is 0 Å². The van der Waals surface area contributed by atoms with Crippen molar-refractivity contribution in [1.82, 2.24) is 0 Å². The van der Waals surface area contributed by atoms with Gasteiger partial charge in [0.25, 0.3) is 0 Å². The lowest BCUT2D eigenvalue weighted by Crippen LogP contribution is -2.04. The lowest BCUT2D eigenvalue weighted by Gasteiger charge is -2.15. The second kappa shape index (κ2) is 6.89. The van der Waals surface area contributed by atoms with E-state index < -0.39 is 22.6 Å². The fraction of sp³-hybridized carbons (Fsp3) is 0.136. The number of aryl methyl sites for hydroxylation is 1. The number of halogens is 3. The molecule has 3 aromatic rings. The Morgan fingerprint density at radius 3 is 2.33 bits per heavy atom. The molecule has 1 heterocycles. The summed E-state index contributed by atoms with van der Waals surface area (Å²) >= 11 is 0. The normalized spacial score (nSPS) is 17.1. The summed E-state index contributed by atoms with van der Waals surface area (Å²) in [5.74, 6) is 0.702. The van der Waals surface area contributed by atoms with Crippen molar-refractivity contribution in [3.63, 3.8) is 0 Å². The first-order valence-corrected chi connectivity index (χ1v) is 10.2. The molecule has 1 unspecified atom stereocenters. The number of hydrogen-bond acceptors (Lipinski definition) is 1. The summed E-state index contributed by atoms with van der Waals surface area (Å²) in [4.78, 5) is 5.75. The monoisotopic (exact) mass is 385 g/mol. The quantitative estimate of drug-likeness (QED) is 0.470. The summed E-state index contributed by atoms with van der Waals surface area (Å²) in [5.41, 5.74) is 6.71. The zero-order valence-electron chi connectivity index (χ0n) is 14.7. The van der Waals surface area contributed by atoms with Crippen LogP contribution in [0.4, 0.5) is 18.9 Å². The Hall–Kier alpha value is -2.53. The predicted molar refractivity (Wildman–Crippen MR) is 107 cm³/mol. The molecule has 3 aromatic carbocycles. The van der Waals surface area contributed by atoms with Gasteiger partial charge in [0.05, 0.1) is 11.3 Å². The molecule has 0 spiro atoms. The maximum absolute atomic E-state index is 12.7. The number of alkyl halides is 3. The zero-order valence-corrected chi connectivity index (χ0v) is 15.6. The van der Waals surface area contributed by atoms with Crippen molar-refractivity contribution < 1.29 is 13.2 Å². The molecule has 0 saturated carbocycles. The van der Waals surface area contributed by atoms with Crippen LogP contribution in [0.2, 0.25) is 0 Å². The molecule has 138 valence electrons. The number of thiol groups is 1. The standard InChI is InChI=1S/C22H18F3NS/c1-15-3-2-4-17(11-15)18-7-10-21-20(12-18)26-14-27(21)13-16-5-8-19(9-6-16)22(23,24)25/h2-12,14,27H,13H2,1H3. The maximum Gasteiger partial charge on any atom is 0.416 e. The van der Waals surface area contributed by atoms with E-state index in [-0.39, 0.29) is 0 Å². The van der Waals surface area contributed by atoms with Crippen molar-refractivity contribution in [2.24, 2.45) is 4.99 Å². The Kier molecular flexibility index (Phi) is 4.56. The number of fused-ring (bicyclic) bond motifs is 1. The van der Waals surface area contributed by atoms with Gasteiger partial charge in [-0.05, 0) is 47.9 Å². The molecule has 1 nitrogen and oxygen atoms in total. The molecule has 4 rings (SSSR count). The van der Waals surface area contributed by atoms with E-state index in [1.807, 2.05) is 11.6 Å². The highest BCUT2D eigenvalue weighted by Crippen LogP contribution is 2.49. The van der Waals surface area contributed by atoms with Crippen LogP contribution < -0.4 is 0 Å². The smallest absolute Gasteiger partial charge is 0.250 e. The van der Waals surface area contributed by atoms with Crippen LogP contribution in [0, 0.1) is 6.92 Å². The molecule has 27 heavy (non-hydrogen) atoms. The second-order valence-electron chi connectivity index (χ2n) is 6.64. The Balaban J connectivity index is 1.55. The van der Waals surface area contributed by atoms with Gasteiger partial charge in [-0.3, -0.25) is 4.99 Å². The van der Waals surface area contributed by atoms with Gasteiger partial charge in [0, 0.05) is 16.2 Å². The minimum atomic E-state index is -4.29. The number of benzene rings is 3. The molecule has 0 saturated heterocycles. The SMILES string of the molecule is Cc1cccc(-c2ccc3c(c2)N=C[SH]3Cc2ccc(C(F)(F)F)cc2)c1. The third kappa shape index (κ3) is 3.78. The van der Waals surface area contributed by atoms with Gasteiger partial charge in [0.1, 0.15) is 0 Å². The van der Waals surface area contributed by atoms with Gasteiger partial charge in [-0.15, -0.1) is 0 Å². The van der Waals surface area contributed by atoms with Crippen molar-refractivity contribution >= 4 is 22.1 Å². The molecule has 0 aromatic heterocycles. The van der Waals surface area contributed by atoms with E-state index in [2.05, 4.69) is 48.3 Å². The first kappa shape index (κ1) is 17.9. The largest absolute Gasteiger partial charge is 0.416 e. The van der Waals surface area contributed by atoms with E-state index >= 15 is 0 Å². The van der Waals surface area contributed by atoms with Crippen molar-refractivity contribution in [2.45, 2.75) is 23.7 Å². The van der Waals surface area contributed by atoms with Gasteiger partial charge in [0.15, 0.2) is 0 Å². The van der Waals surface area contributed by atoms with Crippen LogP contribution in [-0.4, -0.2) is 5.55 Å². The van der Waals surface area contributed by atoms with Gasteiger partial charge in [-0.25, -0.2) is 0 Å². The molecule has 1 aliphatic heterocycles. The van der Waals surface area contributed by atoms with E-state index in [1.165, 1.54) is 10.5 Å². The molecular weight excluding hydrogens is 367 g/mol. The molecular formula is C22H18F3NS. The van der Waals surface area contributed by atoms with E-state index in [0.717, 1.165) is 34.5 Å². The third-order valence-corrected chi connectivity index (χ3v) is 6.70. The van der Waals surface area contributed by atoms with Crippen LogP contribution in [0.1, 0.15) is 16.7 Å². The average Bonchev–Trinajstić information content (AvgIpc) is 3.03. The molecule has 0 bridgehead atoms. The molecule has 0 radical (unpaired) electrons. The van der Waals surface area contributed by atoms with Gasteiger partial charge in [0.2, 0.25) is 0 Å². The fourth-order valence-electron chi connectivity index (χ4n) is 3.19. The zero-order chi connectivity index (χ0) is 19.0. The fourth-order valence-corrected chi connectivity index (χ4v) is 5.12. The van der Waals surface area contributed by atoms with Crippen molar-refractivity contribution in [1.29, 1.82) is 0 Å². The van der Waals surface area contributed by atoms with Crippen molar-refractivity contribution in [3.05, 3.63) is 83.4 Å². The molecule has 0 aliphatic carbocycles. The van der Waals surface area contributed by atoms with Crippen molar-refractivity contribution in [3.8, 4) is 11.1 Å². The number of aliphatic imine (C=N–C) groups is 1. The van der Waals surface area contributed by atoms with Crippen LogP contribution in [0.25, 0.3) is 11.1 Å². The summed E-state index contributed by atoms with van der Waals surface area (Å²) in [6.45, 7) is 2.07. The summed E-state index contributed by atoms with van der Waals surface area (Å²) in [6.07, 6.45) is -4.29.